The van der Waals surface area contributed by atoms with Gasteiger partial charge >= 0.3 is 5.97 Å². The molecule has 0 aliphatic rings. The number of nitrogens with zero attached hydrogens (tertiary/aromatic N) is 3. The van der Waals surface area contributed by atoms with E-state index in [-0.39, 0.29) is 11.5 Å². The van der Waals surface area contributed by atoms with E-state index in [0.29, 0.717) is 21.4 Å². The second-order valence-electron chi connectivity index (χ2n) is 4.27. The molecule has 0 radical (unpaired) electrons. The Morgan fingerprint density at radius 3 is 2.65 bits per heavy atom. The number of carbonyl (C=O) groups excluding carboxylic acids is 1. The summed E-state index contributed by atoms with van der Waals surface area (Å²) in [6.45, 7) is 1.60. The fourth-order valence-corrected chi connectivity index (χ4v) is 2.93. The summed E-state index contributed by atoms with van der Waals surface area (Å²) < 4.78 is 5.59. The minimum Gasteiger partial charge on any atom is -0.478 e. The van der Waals surface area contributed by atoms with Crippen molar-refractivity contribution in [2.75, 3.05) is 11.9 Å². The molecule has 2 aromatic heterocycles. The van der Waals surface area contributed by atoms with Crippen molar-refractivity contribution in [2.45, 2.75) is 6.92 Å². The summed E-state index contributed by atoms with van der Waals surface area (Å²) in [7, 11) is 3.21. The first kappa shape index (κ1) is 14.5. The van der Waals surface area contributed by atoms with Crippen LogP contribution in [0.4, 0.5) is 5.00 Å². The summed E-state index contributed by atoms with van der Waals surface area (Å²) in [6, 6.07) is 1.54. The topological polar surface area (TPSA) is 75.4 Å². The predicted molar refractivity (Wildman–Crippen MR) is 77.0 cm³/mol. The smallest absolute Gasteiger partial charge is 0.340 e. The van der Waals surface area contributed by atoms with Gasteiger partial charge in [0.2, 0.25) is 0 Å². The third-order valence-electron chi connectivity index (χ3n) is 2.86. The Morgan fingerprint density at radius 1 is 1.50 bits per heavy atom. The van der Waals surface area contributed by atoms with Gasteiger partial charge in [0, 0.05) is 20.3 Å². The van der Waals surface area contributed by atoms with Crippen LogP contribution in [-0.4, -0.2) is 33.0 Å². The lowest BCUT2D eigenvalue weighted by molar-refractivity contribution is 0.0697. The molecule has 0 saturated carbocycles. The van der Waals surface area contributed by atoms with Crippen LogP contribution < -0.4 is 4.90 Å². The number of hydrogen-bond donors (Lipinski definition) is 1. The van der Waals surface area contributed by atoms with Crippen LogP contribution in [-0.2, 0) is 7.05 Å². The van der Waals surface area contributed by atoms with E-state index in [2.05, 4.69) is 4.37 Å². The lowest BCUT2D eigenvalue weighted by Gasteiger charge is -2.16. The Hall–Kier alpha value is -1.86. The fourth-order valence-electron chi connectivity index (χ4n) is 1.83. The predicted octanol–water partition coefficient (Wildman–Crippen LogP) is 2.42. The molecule has 0 unspecified atom stereocenters. The van der Waals surface area contributed by atoms with Gasteiger partial charge in [0.25, 0.3) is 5.91 Å². The molecule has 6 nitrogen and oxygen atoms in total. The number of aromatic carboxylic acids is 1. The summed E-state index contributed by atoms with van der Waals surface area (Å²) in [6.07, 6.45) is 1.61. The summed E-state index contributed by atoms with van der Waals surface area (Å²) in [5.74, 6) is -1.44. The summed E-state index contributed by atoms with van der Waals surface area (Å²) >= 11 is 6.83. The first-order valence-electron chi connectivity index (χ1n) is 5.62. The highest BCUT2D eigenvalue weighted by atomic mass is 35.5. The minimum atomic E-state index is -1.10. The number of halogens is 1. The van der Waals surface area contributed by atoms with Crippen LogP contribution in [0.3, 0.4) is 0 Å². The van der Waals surface area contributed by atoms with Gasteiger partial charge in [0.1, 0.15) is 16.3 Å². The molecule has 0 bridgehead atoms. The Kier molecular flexibility index (Phi) is 3.82. The molecule has 0 aliphatic heterocycles. The number of hydrogen-bond acceptors (Lipinski definition) is 4. The third kappa shape index (κ3) is 2.41. The van der Waals surface area contributed by atoms with E-state index in [1.807, 2.05) is 0 Å². The number of carbonyl (C=O) groups is 2. The lowest BCUT2D eigenvalue weighted by Crippen LogP contribution is -2.28. The van der Waals surface area contributed by atoms with Gasteiger partial charge in [0.05, 0.1) is 10.7 Å². The number of carboxylic acid groups (broad SMARTS) is 1. The van der Waals surface area contributed by atoms with Gasteiger partial charge in [0.15, 0.2) is 0 Å². The van der Waals surface area contributed by atoms with Crippen LogP contribution in [0.1, 0.15) is 26.5 Å². The van der Waals surface area contributed by atoms with Crippen molar-refractivity contribution < 1.29 is 14.7 Å². The summed E-state index contributed by atoms with van der Waals surface area (Å²) in [4.78, 5) is 24.9. The molecule has 2 rings (SSSR count). The highest BCUT2D eigenvalue weighted by Gasteiger charge is 2.25. The number of rotatable bonds is 3. The first-order chi connectivity index (χ1) is 9.32. The molecule has 2 aromatic rings. The van der Waals surface area contributed by atoms with Gasteiger partial charge in [-0.15, -0.1) is 0 Å². The van der Waals surface area contributed by atoms with Crippen molar-refractivity contribution in [1.82, 2.24) is 8.94 Å². The maximum Gasteiger partial charge on any atom is 0.340 e. The van der Waals surface area contributed by atoms with Gasteiger partial charge in [-0.3, -0.25) is 9.69 Å². The van der Waals surface area contributed by atoms with E-state index >= 15 is 0 Å². The third-order valence-corrected chi connectivity index (χ3v) is 4.08. The van der Waals surface area contributed by atoms with Crippen LogP contribution in [0, 0.1) is 6.92 Å². The largest absolute Gasteiger partial charge is 0.478 e. The number of aromatic nitrogens is 2. The monoisotopic (exact) mass is 313 g/mol. The van der Waals surface area contributed by atoms with Crippen molar-refractivity contribution in [1.29, 1.82) is 0 Å². The Labute approximate surface area is 124 Å². The first-order valence-corrected chi connectivity index (χ1v) is 6.77. The van der Waals surface area contributed by atoms with Crippen LogP contribution in [0.25, 0.3) is 0 Å². The number of aryl methyl sites for hydroxylation is 2. The quantitative estimate of drug-likeness (QED) is 0.944. The van der Waals surface area contributed by atoms with Crippen LogP contribution in [0.5, 0.6) is 0 Å². The van der Waals surface area contributed by atoms with Crippen molar-refractivity contribution >= 4 is 40.0 Å². The van der Waals surface area contributed by atoms with E-state index in [1.165, 1.54) is 18.0 Å². The molecular weight excluding hydrogens is 302 g/mol. The zero-order chi connectivity index (χ0) is 15.0. The molecule has 0 atom stereocenters. The Balaban J connectivity index is 2.42. The molecule has 1 amide bonds. The second kappa shape index (κ2) is 5.26. The Bertz CT molecular complexity index is 692. The average Bonchev–Trinajstić information content (AvgIpc) is 2.90. The van der Waals surface area contributed by atoms with Gasteiger partial charge in [-0.2, -0.15) is 4.37 Å². The van der Waals surface area contributed by atoms with Gasteiger partial charge in [-0.1, -0.05) is 11.6 Å². The average molecular weight is 314 g/mol. The zero-order valence-electron chi connectivity index (χ0n) is 11.0. The van der Waals surface area contributed by atoms with Gasteiger partial charge < -0.3 is 9.67 Å². The van der Waals surface area contributed by atoms with Crippen molar-refractivity contribution in [3.05, 3.63) is 34.2 Å². The number of anilines is 1. The molecule has 106 valence electrons. The van der Waals surface area contributed by atoms with Crippen molar-refractivity contribution in [3.8, 4) is 0 Å². The molecule has 0 saturated heterocycles. The van der Waals surface area contributed by atoms with E-state index in [9.17, 15) is 14.7 Å². The van der Waals surface area contributed by atoms with Crippen LogP contribution in [0.2, 0.25) is 5.02 Å². The molecule has 0 spiro atoms. The van der Waals surface area contributed by atoms with E-state index in [0.717, 1.165) is 11.5 Å². The summed E-state index contributed by atoms with van der Waals surface area (Å²) in [5.41, 5.74) is 0.813. The fraction of sp³-hybridized carbons (Fsp3) is 0.250. The SMILES string of the molecule is Cc1nsc(N(C)C(=O)c2cc(Cl)cn2C)c1C(=O)O. The molecule has 8 heteroatoms. The number of amides is 1. The normalized spacial score (nSPS) is 10.6. The van der Waals surface area contributed by atoms with E-state index in [4.69, 9.17) is 11.6 Å². The zero-order valence-corrected chi connectivity index (χ0v) is 12.6. The summed E-state index contributed by atoms with van der Waals surface area (Å²) in [5, 5.41) is 9.95. The highest BCUT2D eigenvalue weighted by Crippen LogP contribution is 2.29. The van der Waals surface area contributed by atoms with E-state index < -0.39 is 5.97 Å². The lowest BCUT2D eigenvalue weighted by atomic mass is 10.2. The molecule has 0 fully saturated rings. The standard InChI is InChI=1S/C12H12ClN3O3S/c1-6-9(12(18)19)11(20-14-6)16(3)10(17)8-4-7(13)5-15(8)2/h4-5H,1-3H3,(H,18,19). The van der Waals surface area contributed by atoms with Crippen LogP contribution >= 0.6 is 23.1 Å². The number of carboxylic acids is 1. The van der Waals surface area contributed by atoms with E-state index in [1.54, 1.807) is 24.7 Å². The van der Waals surface area contributed by atoms with Crippen molar-refractivity contribution in [2.24, 2.45) is 7.05 Å². The van der Waals surface area contributed by atoms with Crippen LogP contribution in [0.15, 0.2) is 12.3 Å². The highest BCUT2D eigenvalue weighted by molar-refractivity contribution is 7.11. The Morgan fingerprint density at radius 2 is 2.15 bits per heavy atom. The maximum absolute atomic E-state index is 12.4. The molecule has 0 aliphatic carbocycles. The molecular formula is C12H12ClN3O3S. The van der Waals surface area contributed by atoms with Gasteiger partial charge in [-0.05, 0) is 24.5 Å². The molecule has 1 N–H and O–H groups in total. The molecule has 0 aromatic carbocycles. The molecule has 2 heterocycles. The van der Waals surface area contributed by atoms with Gasteiger partial charge in [-0.25, -0.2) is 4.79 Å². The molecule has 20 heavy (non-hydrogen) atoms. The van der Waals surface area contributed by atoms with Crippen molar-refractivity contribution in [3.63, 3.8) is 0 Å². The maximum atomic E-state index is 12.4. The second-order valence-corrected chi connectivity index (χ2v) is 5.46. The minimum absolute atomic E-state index is 0.0474.